The van der Waals surface area contributed by atoms with Crippen LogP contribution in [0.3, 0.4) is 0 Å². The molecular formula is C12H26N4. The van der Waals surface area contributed by atoms with Crippen LogP contribution in [0.2, 0.25) is 0 Å². The van der Waals surface area contributed by atoms with E-state index in [-0.39, 0.29) is 0 Å². The number of aliphatic imine (C=N–C) groups is 1. The monoisotopic (exact) mass is 226 g/mol. The minimum atomic E-state index is 0.640. The Morgan fingerprint density at radius 3 is 2.56 bits per heavy atom. The van der Waals surface area contributed by atoms with Crippen LogP contribution in [-0.2, 0) is 0 Å². The van der Waals surface area contributed by atoms with Crippen LogP contribution in [0.5, 0.6) is 0 Å². The third-order valence-corrected chi connectivity index (χ3v) is 3.28. The highest BCUT2D eigenvalue weighted by molar-refractivity contribution is 5.79. The lowest BCUT2D eigenvalue weighted by Gasteiger charge is -2.30. The highest BCUT2D eigenvalue weighted by Crippen LogP contribution is 2.23. The minimum Gasteiger partial charge on any atom is -0.339 e. The maximum absolute atomic E-state index is 5.58. The summed E-state index contributed by atoms with van der Waals surface area (Å²) in [7, 11) is 0. The molecule has 0 atom stereocenters. The van der Waals surface area contributed by atoms with Crippen LogP contribution in [0.1, 0.15) is 52.4 Å². The van der Waals surface area contributed by atoms with Gasteiger partial charge in [0.05, 0.1) is 0 Å². The van der Waals surface area contributed by atoms with Gasteiger partial charge in [0.15, 0.2) is 0 Å². The average Bonchev–Trinajstić information content (AvgIpc) is 2.82. The van der Waals surface area contributed by atoms with Gasteiger partial charge in [-0.1, -0.05) is 26.2 Å². The minimum absolute atomic E-state index is 0.640. The second-order valence-corrected chi connectivity index (χ2v) is 4.43. The third-order valence-electron chi connectivity index (χ3n) is 3.28. The fraction of sp³-hybridized carbons (Fsp3) is 0.917. The van der Waals surface area contributed by atoms with Crippen molar-refractivity contribution >= 4 is 5.96 Å². The van der Waals surface area contributed by atoms with Crippen molar-refractivity contribution in [3.63, 3.8) is 0 Å². The molecule has 1 aliphatic rings. The van der Waals surface area contributed by atoms with Gasteiger partial charge in [-0.05, 0) is 26.2 Å². The first-order valence-electron chi connectivity index (χ1n) is 6.61. The summed E-state index contributed by atoms with van der Waals surface area (Å²) in [5.74, 6) is 6.45. The van der Waals surface area contributed by atoms with E-state index in [9.17, 15) is 0 Å². The Morgan fingerprint density at radius 2 is 2.06 bits per heavy atom. The second kappa shape index (κ2) is 7.49. The maximum atomic E-state index is 5.58. The number of nitrogens with zero attached hydrogens (tertiary/aromatic N) is 2. The summed E-state index contributed by atoms with van der Waals surface area (Å²) in [6.07, 6.45) is 7.55. The van der Waals surface area contributed by atoms with E-state index in [1.165, 1.54) is 32.1 Å². The summed E-state index contributed by atoms with van der Waals surface area (Å²) >= 11 is 0. The molecule has 0 amide bonds. The molecule has 3 N–H and O–H groups in total. The molecule has 0 aromatic heterocycles. The molecule has 0 spiro atoms. The van der Waals surface area contributed by atoms with E-state index in [4.69, 9.17) is 5.84 Å². The molecule has 1 rings (SSSR count). The molecule has 16 heavy (non-hydrogen) atoms. The highest BCUT2D eigenvalue weighted by atomic mass is 15.4. The van der Waals surface area contributed by atoms with Crippen LogP contribution >= 0.6 is 0 Å². The molecule has 1 fully saturated rings. The molecule has 0 bridgehead atoms. The zero-order valence-corrected chi connectivity index (χ0v) is 10.7. The first kappa shape index (κ1) is 13.3. The fourth-order valence-corrected chi connectivity index (χ4v) is 2.36. The number of hydrazine groups is 1. The number of guanidine groups is 1. The van der Waals surface area contributed by atoms with E-state index in [1.807, 2.05) is 0 Å². The van der Waals surface area contributed by atoms with E-state index >= 15 is 0 Å². The smallest absolute Gasteiger partial charge is 0.208 e. The van der Waals surface area contributed by atoms with Crippen molar-refractivity contribution in [2.24, 2.45) is 10.8 Å². The average molecular weight is 226 g/mol. The first-order chi connectivity index (χ1) is 7.83. The van der Waals surface area contributed by atoms with E-state index in [0.29, 0.717) is 6.04 Å². The number of nitrogens with two attached hydrogens (primary N) is 1. The predicted molar refractivity (Wildman–Crippen MR) is 69.2 cm³/mol. The molecular weight excluding hydrogens is 200 g/mol. The lowest BCUT2D eigenvalue weighted by Crippen LogP contribution is -2.49. The molecule has 0 aromatic carbocycles. The molecule has 0 aliphatic heterocycles. The number of hydrogen-bond donors (Lipinski definition) is 2. The van der Waals surface area contributed by atoms with Crippen molar-refractivity contribution in [3.8, 4) is 0 Å². The molecule has 1 aliphatic carbocycles. The number of rotatable bonds is 5. The van der Waals surface area contributed by atoms with Gasteiger partial charge in [-0.25, -0.2) is 5.84 Å². The summed E-state index contributed by atoms with van der Waals surface area (Å²) in [5.41, 5.74) is 2.76. The molecule has 0 saturated heterocycles. The quantitative estimate of drug-likeness (QED) is 0.247. The van der Waals surface area contributed by atoms with Crippen molar-refractivity contribution in [2.75, 3.05) is 13.1 Å². The van der Waals surface area contributed by atoms with E-state index < -0.39 is 0 Å². The second-order valence-electron chi connectivity index (χ2n) is 4.43. The van der Waals surface area contributed by atoms with Gasteiger partial charge < -0.3 is 4.90 Å². The lowest BCUT2D eigenvalue weighted by atomic mass is 10.2. The maximum Gasteiger partial charge on any atom is 0.208 e. The van der Waals surface area contributed by atoms with Gasteiger partial charge in [-0.15, -0.1) is 0 Å². The summed E-state index contributed by atoms with van der Waals surface area (Å²) in [4.78, 5) is 6.88. The van der Waals surface area contributed by atoms with E-state index in [1.54, 1.807) is 0 Å². The summed E-state index contributed by atoms with van der Waals surface area (Å²) in [5, 5.41) is 0. The molecule has 4 heteroatoms. The molecule has 4 nitrogen and oxygen atoms in total. The standard InChI is InChI=1S/C12H26N4/c1-3-5-10-14-12(15-13)16(4-2)11-8-6-7-9-11/h11H,3-10,13H2,1-2H3,(H,14,15). The summed E-state index contributed by atoms with van der Waals surface area (Å²) < 4.78 is 0. The van der Waals surface area contributed by atoms with Gasteiger partial charge in [0, 0.05) is 19.1 Å². The third kappa shape index (κ3) is 3.67. The Balaban J connectivity index is 2.55. The Labute approximate surface area is 99.3 Å². The Bertz CT molecular complexity index is 209. The van der Waals surface area contributed by atoms with Crippen LogP contribution in [0.25, 0.3) is 0 Å². The predicted octanol–water partition coefficient (Wildman–Crippen LogP) is 1.87. The van der Waals surface area contributed by atoms with Gasteiger partial charge in [0.2, 0.25) is 5.96 Å². The van der Waals surface area contributed by atoms with Crippen molar-refractivity contribution < 1.29 is 0 Å². The Morgan fingerprint density at radius 1 is 1.38 bits per heavy atom. The van der Waals surface area contributed by atoms with Crippen molar-refractivity contribution in [3.05, 3.63) is 0 Å². The van der Waals surface area contributed by atoms with Gasteiger partial charge >= 0.3 is 0 Å². The van der Waals surface area contributed by atoms with Crippen LogP contribution in [0.4, 0.5) is 0 Å². The largest absolute Gasteiger partial charge is 0.339 e. The summed E-state index contributed by atoms with van der Waals surface area (Å²) in [6.45, 7) is 6.21. The van der Waals surface area contributed by atoms with Crippen molar-refractivity contribution in [2.45, 2.75) is 58.4 Å². The molecule has 94 valence electrons. The lowest BCUT2D eigenvalue weighted by molar-refractivity contribution is 0.317. The van der Waals surface area contributed by atoms with Crippen LogP contribution in [0, 0.1) is 0 Å². The number of unbranched alkanes of at least 4 members (excludes halogenated alkanes) is 1. The van der Waals surface area contributed by atoms with Crippen LogP contribution < -0.4 is 11.3 Å². The first-order valence-corrected chi connectivity index (χ1v) is 6.61. The molecule has 0 heterocycles. The Kier molecular flexibility index (Phi) is 6.23. The van der Waals surface area contributed by atoms with Crippen LogP contribution in [0.15, 0.2) is 4.99 Å². The zero-order valence-electron chi connectivity index (χ0n) is 10.7. The summed E-state index contributed by atoms with van der Waals surface area (Å²) in [6, 6.07) is 0.640. The Hall–Kier alpha value is -0.770. The van der Waals surface area contributed by atoms with Gasteiger partial charge in [0.1, 0.15) is 0 Å². The SMILES string of the molecule is CCCCN=C(NN)N(CC)C1CCCC1. The topological polar surface area (TPSA) is 53.6 Å². The van der Waals surface area contributed by atoms with Crippen molar-refractivity contribution in [1.82, 2.24) is 10.3 Å². The molecule has 1 saturated carbocycles. The van der Waals surface area contributed by atoms with Gasteiger partial charge in [0.25, 0.3) is 0 Å². The van der Waals surface area contributed by atoms with Crippen molar-refractivity contribution in [1.29, 1.82) is 0 Å². The zero-order chi connectivity index (χ0) is 11.8. The normalized spacial score (nSPS) is 17.8. The molecule has 0 unspecified atom stereocenters. The van der Waals surface area contributed by atoms with E-state index in [0.717, 1.165) is 25.5 Å². The van der Waals surface area contributed by atoms with Gasteiger partial charge in [-0.3, -0.25) is 10.4 Å². The number of hydrogen-bond acceptors (Lipinski definition) is 2. The van der Waals surface area contributed by atoms with Gasteiger partial charge in [-0.2, -0.15) is 0 Å². The van der Waals surface area contributed by atoms with E-state index in [2.05, 4.69) is 29.2 Å². The number of nitrogens with one attached hydrogen (secondary N) is 1. The highest BCUT2D eigenvalue weighted by Gasteiger charge is 2.23. The molecule has 0 radical (unpaired) electrons. The van der Waals surface area contributed by atoms with Crippen LogP contribution in [-0.4, -0.2) is 30.0 Å². The fourth-order valence-electron chi connectivity index (χ4n) is 2.36. The molecule has 0 aromatic rings.